The summed E-state index contributed by atoms with van der Waals surface area (Å²) in [7, 11) is 0. The molecular weight excluding hydrogens is 230 g/mol. The van der Waals surface area contributed by atoms with Crippen molar-refractivity contribution in [2.75, 3.05) is 0 Å². The van der Waals surface area contributed by atoms with Crippen LogP contribution in [0.1, 0.15) is 30.0 Å². The molecule has 0 heterocycles. The average Bonchev–Trinajstić information content (AvgIpc) is 3.13. The van der Waals surface area contributed by atoms with Crippen LogP contribution < -0.4 is 5.73 Å². The van der Waals surface area contributed by atoms with Crippen LogP contribution >= 0.6 is 12.4 Å². The maximum atomic E-state index is 6.32. The lowest BCUT2D eigenvalue weighted by Gasteiger charge is -2.15. The number of halogens is 1. The second-order valence-corrected chi connectivity index (χ2v) is 4.88. The second kappa shape index (κ2) is 4.67. The van der Waals surface area contributed by atoms with Crippen LogP contribution in [0.2, 0.25) is 0 Å². The molecule has 1 aliphatic rings. The average molecular weight is 248 g/mol. The molecule has 0 amide bonds. The van der Waals surface area contributed by atoms with Crippen molar-refractivity contribution in [3.8, 4) is 0 Å². The van der Waals surface area contributed by atoms with Crippen LogP contribution in [0.3, 0.4) is 0 Å². The van der Waals surface area contributed by atoms with E-state index in [0.29, 0.717) is 5.92 Å². The van der Waals surface area contributed by atoms with E-state index in [1.807, 2.05) is 0 Å². The summed E-state index contributed by atoms with van der Waals surface area (Å²) in [6.45, 7) is 2.16. The third-order valence-corrected chi connectivity index (χ3v) is 3.66. The van der Waals surface area contributed by atoms with Gasteiger partial charge in [0, 0.05) is 6.04 Å². The van der Waals surface area contributed by atoms with Gasteiger partial charge in [0.15, 0.2) is 0 Å². The van der Waals surface area contributed by atoms with Crippen LogP contribution in [0.15, 0.2) is 36.4 Å². The summed E-state index contributed by atoms with van der Waals surface area (Å²) >= 11 is 0. The van der Waals surface area contributed by atoms with E-state index >= 15 is 0 Å². The predicted octanol–water partition coefficient (Wildman–Crippen LogP) is 3.98. The summed E-state index contributed by atoms with van der Waals surface area (Å²) < 4.78 is 0. The van der Waals surface area contributed by atoms with Crippen LogP contribution in [0, 0.1) is 12.8 Å². The van der Waals surface area contributed by atoms with Crippen molar-refractivity contribution in [3.63, 3.8) is 0 Å². The molecule has 2 aromatic carbocycles. The Morgan fingerprint density at radius 3 is 2.35 bits per heavy atom. The number of hydrogen-bond donors (Lipinski definition) is 1. The first-order chi connectivity index (χ1) is 7.77. The standard InChI is InChI=1S/C15H17N.ClH/c1-10-6-9-14(15(16)11-7-8-11)13-5-3-2-4-12(10)13;/h2-6,9,11,15H,7-8,16H2,1H3;1H/t15-;/m0./s1. The third-order valence-electron chi connectivity index (χ3n) is 3.66. The van der Waals surface area contributed by atoms with E-state index in [2.05, 4.69) is 43.3 Å². The van der Waals surface area contributed by atoms with E-state index in [1.54, 1.807) is 0 Å². The van der Waals surface area contributed by atoms with E-state index < -0.39 is 0 Å². The normalized spacial score (nSPS) is 16.6. The number of aryl methyl sites for hydroxylation is 1. The van der Waals surface area contributed by atoms with Gasteiger partial charge in [-0.05, 0) is 47.6 Å². The van der Waals surface area contributed by atoms with E-state index in [-0.39, 0.29) is 18.4 Å². The molecule has 1 nitrogen and oxygen atoms in total. The molecule has 1 atom stereocenters. The van der Waals surface area contributed by atoms with Crippen molar-refractivity contribution in [1.29, 1.82) is 0 Å². The van der Waals surface area contributed by atoms with Gasteiger partial charge in [0.1, 0.15) is 0 Å². The fourth-order valence-corrected chi connectivity index (χ4v) is 2.47. The molecule has 0 unspecified atom stereocenters. The Kier molecular flexibility index (Phi) is 3.41. The lowest BCUT2D eigenvalue weighted by molar-refractivity contribution is 0.638. The summed E-state index contributed by atoms with van der Waals surface area (Å²) in [6.07, 6.45) is 2.59. The number of benzene rings is 2. The molecule has 1 saturated carbocycles. The molecule has 2 N–H and O–H groups in total. The highest BCUT2D eigenvalue weighted by Crippen LogP contribution is 2.41. The van der Waals surface area contributed by atoms with Crippen LogP contribution in [0.25, 0.3) is 10.8 Å². The van der Waals surface area contributed by atoms with Gasteiger partial charge < -0.3 is 5.73 Å². The fraction of sp³-hybridized carbons (Fsp3) is 0.333. The van der Waals surface area contributed by atoms with Gasteiger partial charge in [-0.15, -0.1) is 12.4 Å². The van der Waals surface area contributed by atoms with E-state index in [1.165, 1.54) is 34.7 Å². The van der Waals surface area contributed by atoms with Crippen molar-refractivity contribution < 1.29 is 0 Å². The van der Waals surface area contributed by atoms with Crippen LogP contribution in [-0.2, 0) is 0 Å². The topological polar surface area (TPSA) is 26.0 Å². The molecule has 0 bridgehead atoms. The molecule has 3 rings (SSSR count). The number of fused-ring (bicyclic) bond motifs is 1. The van der Waals surface area contributed by atoms with Crippen molar-refractivity contribution in [2.45, 2.75) is 25.8 Å². The van der Waals surface area contributed by atoms with Gasteiger partial charge in [-0.2, -0.15) is 0 Å². The number of nitrogens with two attached hydrogens (primary N) is 1. The van der Waals surface area contributed by atoms with Gasteiger partial charge in [0.25, 0.3) is 0 Å². The Labute approximate surface area is 108 Å². The summed E-state index contributed by atoms with van der Waals surface area (Å²) in [4.78, 5) is 0. The Hall–Kier alpha value is -1.05. The monoisotopic (exact) mass is 247 g/mol. The maximum Gasteiger partial charge on any atom is 0.0329 e. The largest absolute Gasteiger partial charge is 0.324 e. The summed E-state index contributed by atoms with van der Waals surface area (Å²) in [5.41, 5.74) is 8.97. The highest BCUT2D eigenvalue weighted by atomic mass is 35.5. The molecule has 0 spiro atoms. The Bertz CT molecular complexity index is 531. The van der Waals surface area contributed by atoms with Crippen molar-refractivity contribution in [1.82, 2.24) is 0 Å². The highest BCUT2D eigenvalue weighted by molar-refractivity contribution is 5.89. The molecule has 0 radical (unpaired) electrons. The fourth-order valence-electron chi connectivity index (χ4n) is 2.47. The van der Waals surface area contributed by atoms with E-state index in [4.69, 9.17) is 5.73 Å². The first-order valence-electron chi connectivity index (χ1n) is 6.01. The summed E-state index contributed by atoms with van der Waals surface area (Å²) in [5, 5.41) is 2.68. The molecular formula is C15H18ClN. The molecule has 1 fully saturated rings. The van der Waals surface area contributed by atoms with Gasteiger partial charge >= 0.3 is 0 Å². The number of rotatable bonds is 2. The summed E-state index contributed by atoms with van der Waals surface area (Å²) in [6, 6.07) is 13.2. The Balaban J connectivity index is 0.00000108. The zero-order valence-corrected chi connectivity index (χ0v) is 10.8. The zero-order valence-electron chi connectivity index (χ0n) is 10.0. The van der Waals surface area contributed by atoms with Gasteiger partial charge in [-0.1, -0.05) is 36.4 Å². The SMILES string of the molecule is Cc1ccc([C@@H](N)C2CC2)c2ccccc12.Cl. The molecule has 0 saturated heterocycles. The quantitative estimate of drug-likeness (QED) is 0.854. The predicted molar refractivity (Wildman–Crippen MR) is 75.6 cm³/mol. The lowest BCUT2D eigenvalue weighted by atomic mass is 9.94. The minimum atomic E-state index is 0. The minimum absolute atomic E-state index is 0. The van der Waals surface area contributed by atoms with E-state index in [9.17, 15) is 0 Å². The minimum Gasteiger partial charge on any atom is -0.324 e. The van der Waals surface area contributed by atoms with Gasteiger partial charge in [0.2, 0.25) is 0 Å². The van der Waals surface area contributed by atoms with Crippen molar-refractivity contribution in [3.05, 3.63) is 47.5 Å². The highest BCUT2D eigenvalue weighted by Gasteiger charge is 2.30. The third kappa shape index (κ3) is 2.18. The van der Waals surface area contributed by atoms with Crippen LogP contribution in [-0.4, -0.2) is 0 Å². The molecule has 2 heteroatoms. The van der Waals surface area contributed by atoms with Gasteiger partial charge in [0.05, 0.1) is 0 Å². The molecule has 2 aromatic rings. The molecule has 17 heavy (non-hydrogen) atoms. The maximum absolute atomic E-state index is 6.32. The summed E-state index contributed by atoms with van der Waals surface area (Å²) in [5.74, 6) is 0.714. The van der Waals surface area contributed by atoms with Gasteiger partial charge in [-0.25, -0.2) is 0 Å². The van der Waals surface area contributed by atoms with Crippen LogP contribution in [0.5, 0.6) is 0 Å². The van der Waals surface area contributed by atoms with Crippen molar-refractivity contribution in [2.24, 2.45) is 11.7 Å². The van der Waals surface area contributed by atoms with E-state index in [0.717, 1.165) is 0 Å². The molecule has 0 aromatic heterocycles. The molecule has 1 aliphatic carbocycles. The Morgan fingerprint density at radius 2 is 1.71 bits per heavy atom. The Morgan fingerprint density at radius 1 is 1.06 bits per heavy atom. The molecule has 0 aliphatic heterocycles. The second-order valence-electron chi connectivity index (χ2n) is 4.88. The lowest BCUT2D eigenvalue weighted by Crippen LogP contribution is -2.12. The zero-order chi connectivity index (χ0) is 11.1. The van der Waals surface area contributed by atoms with Crippen LogP contribution in [0.4, 0.5) is 0 Å². The van der Waals surface area contributed by atoms with Gasteiger partial charge in [-0.3, -0.25) is 0 Å². The number of hydrogen-bond acceptors (Lipinski definition) is 1. The molecule has 90 valence electrons. The smallest absolute Gasteiger partial charge is 0.0329 e. The first kappa shape index (κ1) is 12.4. The first-order valence-corrected chi connectivity index (χ1v) is 6.01. The van der Waals surface area contributed by atoms with Crippen molar-refractivity contribution >= 4 is 23.2 Å².